The van der Waals surface area contributed by atoms with Gasteiger partial charge in [-0.25, -0.2) is 4.98 Å². The van der Waals surface area contributed by atoms with Gasteiger partial charge in [-0.3, -0.25) is 4.79 Å². The lowest BCUT2D eigenvalue weighted by Gasteiger charge is -2.03. The molecule has 1 aromatic carbocycles. The number of aromatic nitrogens is 4. The van der Waals surface area contributed by atoms with Gasteiger partial charge in [0.15, 0.2) is 0 Å². The maximum Gasteiger partial charge on any atom is 0.277 e. The molecule has 0 amide bonds. The SMILES string of the molecule is Cc1cccc2c(=O)[nH]c(CSc3nnc(CN)o3)nc12. The fourth-order valence-corrected chi connectivity index (χ4v) is 2.58. The van der Waals surface area contributed by atoms with Gasteiger partial charge in [-0.2, -0.15) is 0 Å². The van der Waals surface area contributed by atoms with E-state index in [-0.39, 0.29) is 12.1 Å². The maximum atomic E-state index is 12.0. The normalized spacial score (nSPS) is 11.1. The van der Waals surface area contributed by atoms with Crippen LogP contribution in [0.2, 0.25) is 0 Å². The van der Waals surface area contributed by atoms with Gasteiger partial charge >= 0.3 is 0 Å². The standard InChI is InChI=1S/C13H13N5O2S/c1-7-3-2-4-8-11(7)15-9(16-12(8)19)6-21-13-18-17-10(5-14)20-13/h2-4H,5-6,14H2,1H3,(H,15,16,19). The largest absolute Gasteiger partial charge is 0.415 e. The second kappa shape index (κ2) is 5.66. The van der Waals surface area contributed by atoms with E-state index in [1.54, 1.807) is 6.07 Å². The lowest BCUT2D eigenvalue weighted by atomic mass is 10.1. The third-order valence-corrected chi connectivity index (χ3v) is 3.77. The fourth-order valence-electron chi connectivity index (χ4n) is 1.93. The van der Waals surface area contributed by atoms with E-state index in [1.165, 1.54) is 11.8 Å². The fraction of sp³-hybridized carbons (Fsp3) is 0.231. The van der Waals surface area contributed by atoms with Crippen molar-refractivity contribution in [1.82, 2.24) is 20.2 Å². The van der Waals surface area contributed by atoms with E-state index in [9.17, 15) is 4.79 Å². The van der Waals surface area contributed by atoms with Gasteiger partial charge in [0.2, 0.25) is 5.89 Å². The van der Waals surface area contributed by atoms with E-state index < -0.39 is 0 Å². The number of nitrogens with zero attached hydrogens (tertiary/aromatic N) is 3. The second-order valence-corrected chi connectivity index (χ2v) is 5.36. The average Bonchev–Trinajstić information content (AvgIpc) is 2.94. The summed E-state index contributed by atoms with van der Waals surface area (Å²) in [5.74, 6) is 1.39. The Hall–Kier alpha value is -2.19. The Morgan fingerprint density at radius 3 is 3.00 bits per heavy atom. The monoisotopic (exact) mass is 303 g/mol. The molecule has 0 bridgehead atoms. The number of benzene rings is 1. The van der Waals surface area contributed by atoms with E-state index in [1.807, 2.05) is 19.1 Å². The van der Waals surface area contributed by atoms with E-state index in [0.29, 0.717) is 33.6 Å². The van der Waals surface area contributed by atoms with Gasteiger partial charge in [0.25, 0.3) is 10.8 Å². The topological polar surface area (TPSA) is 111 Å². The molecule has 0 unspecified atom stereocenters. The first-order chi connectivity index (χ1) is 10.2. The number of para-hydroxylation sites is 1. The van der Waals surface area contributed by atoms with Crippen molar-refractivity contribution in [3.63, 3.8) is 0 Å². The summed E-state index contributed by atoms with van der Waals surface area (Å²) >= 11 is 1.30. The van der Waals surface area contributed by atoms with E-state index in [2.05, 4.69) is 20.2 Å². The van der Waals surface area contributed by atoms with E-state index >= 15 is 0 Å². The molecule has 0 aliphatic carbocycles. The smallest absolute Gasteiger partial charge is 0.277 e. The molecule has 21 heavy (non-hydrogen) atoms. The number of hydrogen-bond donors (Lipinski definition) is 2. The highest BCUT2D eigenvalue weighted by Gasteiger charge is 2.09. The summed E-state index contributed by atoms with van der Waals surface area (Å²) < 4.78 is 5.29. The summed E-state index contributed by atoms with van der Waals surface area (Å²) in [5, 5.41) is 8.62. The molecule has 2 aromatic heterocycles. The van der Waals surface area contributed by atoms with Gasteiger partial charge in [-0.05, 0) is 18.6 Å². The van der Waals surface area contributed by atoms with Gasteiger partial charge in [-0.1, -0.05) is 23.9 Å². The van der Waals surface area contributed by atoms with Gasteiger partial charge in [-0.15, -0.1) is 10.2 Å². The summed E-state index contributed by atoms with van der Waals surface area (Å²) in [4.78, 5) is 19.3. The predicted molar refractivity (Wildman–Crippen MR) is 78.9 cm³/mol. The minimum atomic E-state index is -0.146. The molecule has 0 aliphatic rings. The maximum absolute atomic E-state index is 12.0. The zero-order chi connectivity index (χ0) is 14.8. The molecule has 0 spiro atoms. The van der Waals surface area contributed by atoms with E-state index in [0.717, 1.165) is 5.56 Å². The quantitative estimate of drug-likeness (QED) is 0.700. The number of hydrogen-bond acceptors (Lipinski definition) is 7. The van der Waals surface area contributed by atoms with Crippen molar-refractivity contribution in [3.05, 3.63) is 45.8 Å². The lowest BCUT2D eigenvalue weighted by molar-refractivity contribution is 0.414. The molecule has 3 rings (SSSR count). The van der Waals surface area contributed by atoms with Crippen molar-refractivity contribution in [2.75, 3.05) is 0 Å². The molecule has 7 nitrogen and oxygen atoms in total. The van der Waals surface area contributed by atoms with Crippen molar-refractivity contribution < 1.29 is 4.42 Å². The van der Waals surface area contributed by atoms with Crippen molar-refractivity contribution in [2.24, 2.45) is 5.73 Å². The van der Waals surface area contributed by atoms with Crippen molar-refractivity contribution in [1.29, 1.82) is 0 Å². The van der Waals surface area contributed by atoms with Crippen LogP contribution in [0.1, 0.15) is 17.3 Å². The molecule has 0 aliphatic heterocycles. The number of nitrogens with two attached hydrogens (primary N) is 1. The minimum Gasteiger partial charge on any atom is -0.415 e. The Morgan fingerprint density at radius 1 is 1.38 bits per heavy atom. The van der Waals surface area contributed by atoms with Crippen LogP contribution in [0.4, 0.5) is 0 Å². The third-order valence-electron chi connectivity index (χ3n) is 2.94. The number of rotatable bonds is 4. The van der Waals surface area contributed by atoms with Crippen LogP contribution in [-0.4, -0.2) is 20.2 Å². The average molecular weight is 303 g/mol. The summed E-state index contributed by atoms with van der Waals surface area (Å²) in [7, 11) is 0. The van der Waals surface area contributed by atoms with Crippen LogP contribution >= 0.6 is 11.8 Å². The summed E-state index contributed by atoms with van der Waals surface area (Å²) in [6, 6.07) is 5.53. The Labute approximate surface area is 124 Å². The van der Waals surface area contributed by atoms with Gasteiger partial charge < -0.3 is 15.1 Å². The molecule has 0 radical (unpaired) electrons. The Kier molecular flexibility index (Phi) is 3.72. The molecule has 0 saturated heterocycles. The molecule has 3 aromatic rings. The van der Waals surface area contributed by atoms with Crippen LogP contribution in [0.25, 0.3) is 10.9 Å². The number of thioether (sulfide) groups is 1. The molecule has 0 saturated carbocycles. The van der Waals surface area contributed by atoms with Crippen LogP contribution in [0, 0.1) is 6.92 Å². The highest BCUT2D eigenvalue weighted by atomic mass is 32.2. The lowest BCUT2D eigenvalue weighted by Crippen LogP contribution is -2.11. The third kappa shape index (κ3) is 2.81. The van der Waals surface area contributed by atoms with Crippen LogP contribution in [0.15, 0.2) is 32.6 Å². The van der Waals surface area contributed by atoms with Crippen LogP contribution < -0.4 is 11.3 Å². The zero-order valence-electron chi connectivity index (χ0n) is 11.3. The zero-order valence-corrected chi connectivity index (χ0v) is 12.1. The molecule has 108 valence electrons. The molecule has 8 heteroatoms. The Morgan fingerprint density at radius 2 is 2.24 bits per heavy atom. The van der Waals surface area contributed by atoms with Gasteiger partial charge in [0.1, 0.15) is 5.82 Å². The van der Waals surface area contributed by atoms with Gasteiger partial charge in [0.05, 0.1) is 23.2 Å². The first kappa shape index (κ1) is 13.8. The van der Waals surface area contributed by atoms with Crippen molar-refractivity contribution in [2.45, 2.75) is 24.4 Å². The molecule has 3 N–H and O–H groups in total. The predicted octanol–water partition coefficient (Wildman–Crippen LogP) is 1.37. The number of nitrogens with one attached hydrogen (secondary N) is 1. The van der Waals surface area contributed by atoms with Gasteiger partial charge in [0, 0.05) is 0 Å². The Bertz CT molecular complexity index is 842. The second-order valence-electron chi connectivity index (χ2n) is 4.44. The minimum absolute atomic E-state index is 0.146. The Balaban J connectivity index is 1.87. The first-order valence-electron chi connectivity index (χ1n) is 6.31. The molecular formula is C13H13N5O2S. The summed E-state index contributed by atoms with van der Waals surface area (Å²) in [6.07, 6.45) is 0. The first-order valence-corrected chi connectivity index (χ1v) is 7.29. The van der Waals surface area contributed by atoms with Crippen LogP contribution in [0.3, 0.4) is 0 Å². The van der Waals surface area contributed by atoms with Crippen molar-refractivity contribution in [3.8, 4) is 0 Å². The number of fused-ring (bicyclic) bond motifs is 1. The molecular weight excluding hydrogens is 290 g/mol. The molecule has 0 fully saturated rings. The number of aromatic amines is 1. The van der Waals surface area contributed by atoms with Crippen LogP contribution in [0.5, 0.6) is 0 Å². The highest BCUT2D eigenvalue weighted by Crippen LogP contribution is 2.20. The van der Waals surface area contributed by atoms with Crippen molar-refractivity contribution >= 4 is 22.7 Å². The summed E-state index contributed by atoms with van der Waals surface area (Å²) in [5.41, 5.74) is 6.94. The number of aryl methyl sites for hydroxylation is 1. The molecule has 2 heterocycles. The summed E-state index contributed by atoms with van der Waals surface area (Å²) in [6.45, 7) is 2.13. The number of H-pyrrole nitrogens is 1. The highest BCUT2D eigenvalue weighted by molar-refractivity contribution is 7.98. The molecule has 0 atom stereocenters. The van der Waals surface area contributed by atoms with E-state index in [4.69, 9.17) is 10.2 Å². The van der Waals surface area contributed by atoms with Crippen LogP contribution in [-0.2, 0) is 12.3 Å².